The van der Waals surface area contributed by atoms with Crippen molar-refractivity contribution in [3.8, 4) is 11.1 Å². The topological polar surface area (TPSA) is 89.6 Å². The van der Waals surface area contributed by atoms with E-state index in [4.69, 9.17) is 0 Å². The summed E-state index contributed by atoms with van der Waals surface area (Å²) in [4.78, 5) is 31.0. The lowest BCUT2D eigenvalue weighted by atomic mass is 10.1. The molecule has 0 aliphatic carbocycles. The average molecular weight is 204 g/mol. The minimum absolute atomic E-state index is 0.120. The van der Waals surface area contributed by atoms with Gasteiger partial charge in [-0.3, -0.25) is 14.9 Å². The van der Waals surface area contributed by atoms with E-state index >= 15 is 0 Å². The van der Waals surface area contributed by atoms with E-state index in [1.54, 1.807) is 0 Å². The molecule has 0 amide bonds. The molecule has 0 aliphatic heterocycles. The summed E-state index contributed by atoms with van der Waals surface area (Å²) in [5.41, 5.74) is -0.163. The SMILES string of the molecule is O=Nc1c(-c2cccc([N+](=O)[O-])c2)c1=O. The Bertz CT molecular complexity index is 566. The Morgan fingerprint density at radius 2 is 2.07 bits per heavy atom. The van der Waals surface area contributed by atoms with E-state index < -0.39 is 10.4 Å². The summed E-state index contributed by atoms with van der Waals surface area (Å²) in [6.45, 7) is 0. The summed E-state index contributed by atoms with van der Waals surface area (Å²) in [7, 11) is 0. The third-order valence-corrected chi connectivity index (χ3v) is 2.05. The highest BCUT2D eigenvalue weighted by Gasteiger charge is 2.26. The van der Waals surface area contributed by atoms with Crippen LogP contribution in [0.15, 0.2) is 34.2 Å². The molecule has 2 aromatic carbocycles. The highest BCUT2D eigenvalue weighted by molar-refractivity contribution is 5.87. The van der Waals surface area contributed by atoms with Gasteiger partial charge in [-0.2, -0.15) is 0 Å². The molecule has 0 atom stereocenters. The molecule has 0 saturated heterocycles. The van der Waals surface area contributed by atoms with Gasteiger partial charge in [0.25, 0.3) is 5.69 Å². The van der Waals surface area contributed by atoms with Crippen LogP contribution in [-0.4, -0.2) is 4.92 Å². The minimum atomic E-state index is -0.565. The Morgan fingerprint density at radius 3 is 2.60 bits per heavy atom. The number of nitrogens with zero attached hydrogens (tertiary/aromatic N) is 2. The van der Waals surface area contributed by atoms with Crippen LogP contribution in [-0.2, 0) is 0 Å². The molecule has 0 fully saturated rings. The lowest BCUT2D eigenvalue weighted by Crippen LogP contribution is -1.87. The van der Waals surface area contributed by atoms with E-state index in [9.17, 15) is 19.8 Å². The van der Waals surface area contributed by atoms with Crippen molar-refractivity contribution in [2.24, 2.45) is 5.18 Å². The van der Waals surface area contributed by atoms with Crippen molar-refractivity contribution in [3.63, 3.8) is 0 Å². The average Bonchev–Trinajstić information content (AvgIpc) is 2.89. The molecule has 2 aromatic rings. The van der Waals surface area contributed by atoms with Crippen molar-refractivity contribution in [1.29, 1.82) is 0 Å². The van der Waals surface area contributed by atoms with Crippen molar-refractivity contribution in [2.45, 2.75) is 0 Å². The molecule has 0 saturated carbocycles. The van der Waals surface area contributed by atoms with Gasteiger partial charge < -0.3 is 0 Å². The van der Waals surface area contributed by atoms with Gasteiger partial charge in [0.15, 0.2) is 5.69 Å². The van der Waals surface area contributed by atoms with Gasteiger partial charge in [0.2, 0.25) is 5.43 Å². The van der Waals surface area contributed by atoms with Gasteiger partial charge in [0.05, 0.1) is 10.5 Å². The Hall–Kier alpha value is -2.37. The standard InChI is InChI=1S/C9H4N2O4/c12-9-7(8(9)10-13)5-2-1-3-6(4-5)11(14)15/h1-4H. The maximum atomic E-state index is 11.0. The molecule has 0 bridgehead atoms. The molecule has 0 N–H and O–H groups in total. The van der Waals surface area contributed by atoms with E-state index in [1.165, 1.54) is 24.3 Å². The Labute approximate surface area is 83.0 Å². The van der Waals surface area contributed by atoms with Gasteiger partial charge in [-0.15, -0.1) is 4.91 Å². The molecule has 0 aliphatic rings. The third kappa shape index (κ3) is 1.41. The van der Waals surface area contributed by atoms with E-state index in [1.807, 2.05) is 0 Å². The second kappa shape index (κ2) is 3.09. The molecule has 0 spiro atoms. The molecule has 6 heteroatoms. The number of hydrogen-bond acceptors (Lipinski definition) is 5. The molecule has 74 valence electrons. The molecule has 2 rings (SSSR count). The molecule has 0 radical (unpaired) electrons. The van der Waals surface area contributed by atoms with E-state index in [2.05, 4.69) is 5.18 Å². The van der Waals surface area contributed by atoms with Crippen LogP contribution in [0, 0.1) is 15.0 Å². The summed E-state index contributed by atoms with van der Waals surface area (Å²) in [6.07, 6.45) is 0. The number of rotatable bonds is 3. The summed E-state index contributed by atoms with van der Waals surface area (Å²) in [5.74, 6) is 0. The van der Waals surface area contributed by atoms with Gasteiger partial charge in [0.1, 0.15) is 0 Å². The zero-order valence-corrected chi connectivity index (χ0v) is 7.34. The Morgan fingerprint density at radius 1 is 1.33 bits per heavy atom. The summed E-state index contributed by atoms with van der Waals surface area (Å²) in [6, 6.07) is 5.53. The second-order valence-electron chi connectivity index (χ2n) is 2.95. The van der Waals surface area contributed by atoms with Crippen LogP contribution in [0.2, 0.25) is 0 Å². The maximum Gasteiger partial charge on any atom is 0.270 e. The van der Waals surface area contributed by atoms with Gasteiger partial charge in [-0.25, -0.2) is 0 Å². The van der Waals surface area contributed by atoms with Crippen molar-refractivity contribution in [1.82, 2.24) is 0 Å². The Balaban J connectivity index is 2.46. The van der Waals surface area contributed by atoms with Gasteiger partial charge in [-0.1, -0.05) is 12.1 Å². The fourth-order valence-electron chi connectivity index (χ4n) is 1.29. The van der Waals surface area contributed by atoms with Gasteiger partial charge >= 0.3 is 0 Å². The van der Waals surface area contributed by atoms with Crippen LogP contribution >= 0.6 is 0 Å². The lowest BCUT2D eigenvalue weighted by molar-refractivity contribution is -0.384. The van der Waals surface area contributed by atoms with Crippen LogP contribution in [0.5, 0.6) is 0 Å². The molecule has 6 nitrogen and oxygen atoms in total. The quantitative estimate of drug-likeness (QED) is 0.433. The van der Waals surface area contributed by atoms with Crippen LogP contribution < -0.4 is 5.43 Å². The zero-order valence-electron chi connectivity index (χ0n) is 7.34. The van der Waals surface area contributed by atoms with Crippen LogP contribution in [0.4, 0.5) is 11.4 Å². The molecule has 0 aromatic heterocycles. The number of nitro groups is 1. The smallest absolute Gasteiger partial charge is 0.270 e. The highest BCUT2D eigenvalue weighted by Crippen LogP contribution is 2.33. The first-order chi connectivity index (χ1) is 7.15. The second-order valence-corrected chi connectivity index (χ2v) is 2.95. The van der Waals surface area contributed by atoms with Crippen molar-refractivity contribution < 1.29 is 4.92 Å². The fourth-order valence-corrected chi connectivity index (χ4v) is 1.29. The first kappa shape index (κ1) is 9.20. The minimum Gasteiger partial charge on any atom is -0.287 e. The van der Waals surface area contributed by atoms with Crippen LogP contribution in [0.25, 0.3) is 11.1 Å². The predicted molar refractivity (Wildman–Crippen MR) is 52.6 cm³/mol. The van der Waals surface area contributed by atoms with Gasteiger partial charge in [-0.05, 0) is 10.7 Å². The highest BCUT2D eigenvalue weighted by atomic mass is 16.6. The zero-order chi connectivity index (χ0) is 11.0. The molecule has 0 heterocycles. The van der Waals surface area contributed by atoms with Gasteiger partial charge in [0, 0.05) is 12.1 Å². The fraction of sp³-hybridized carbons (Fsp3) is 0. The number of nitro benzene ring substituents is 1. The van der Waals surface area contributed by atoms with Crippen LogP contribution in [0.3, 0.4) is 0 Å². The van der Waals surface area contributed by atoms with Crippen molar-refractivity contribution in [2.75, 3.05) is 0 Å². The molecular weight excluding hydrogens is 200 g/mol. The number of nitroso groups, excluding NO2 is 1. The Kier molecular flexibility index (Phi) is 1.89. The third-order valence-electron chi connectivity index (χ3n) is 2.05. The lowest BCUT2D eigenvalue weighted by Gasteiger charge is -1.92. The molecule has 0 unspecified atom stereocenters. The van der Waals surface area contributed by atoms with E-state index in [0.717, 1.165) is 0 Å². The van der Waals surface area contributed by atoms with Crippen molar-refractivity contribution in [3.05, 3.63) is 49.5 Å². The largest absolute Gasteiger partial charge is 0.287 e. The number of benzene rings is 1. The van der Waals surface area contributed by atoms with E-state index in [0.29, 0.717) is 5.56 Å². The molecular formula is C9H4N2O4. The maximum absolute atomic E-state index is 11.0. The predicted octanol–water partition coefficient (Wildman–Crippen LogP) is 1.90. The summed E-state index contributed by atoms with van der Waals surface area (Å²) < 4.78 is 0. The van der Waals surface area contributed by atoms with Crippen LogP contribution in [0.1, 0.15) is 0 Å². The number of non-ortho nitro benzene ring substituents is 1. The first-order valence-electron chi connectivity index (χ1n) is 4.02. The molecule has 15 heavy (non-hydrogen) atoms. The van der Waals surface area contributed by atoms with E-state index in [-0.39, 0.29) is 16.9 Å². The monoisotopic (exact) mass is 204 g/mol. The first-order valence-corrected chi connectivity index (χ1v) is 4.02. The normalized spacial score (nSPS) is 10.4. The number of hydrogen-bond donors (Lipinski definition) is 0. The summed E-state index contributed by atoms with van der Waals surface area (Å²) >= 11 is 0. The summed E-state index contributed by atoms with van der Waals surface area (Å²) in [5, 5.41) is 13.0. The van der Waals surface area contributed by atoms with Crippen molar-refractivity contribution >= 4 is 11.4 Å².